The number of aromatic nitrogens is 2. The van der Waals surface area contributed by atoms with Crippen molar-refractivity contribution in [3.63, 3.8) is 0 Å². The van der Waals surface area contributed by atoms with Gasteiger partial charge in [0.2, 0.25) is 0 Å². The summed E-state index contributed by atoms with van der Waals surface area (Å²) in [6.45, 7) is -0.357. The van der Waals surface area contributed by atoms with Gasteiger partial charge in [0.25, 0.3) is 5.52 Å². The summed E-state index contributed by atoms with van der Waals surface area (Å²) in [6, 6.07) is 12.3. The van der Waals surface area contributed by atoms with Gasteiger partial charge >= 0.3 is 17.6 Å². The topological polar surface area (TPSA) is 116 Å². The number of carbonyl (C=O) groups excluding carboxylic acids is 2. The Morgan fingerprint density at radius 2 is 1.93 bits per heavy atom. The number of nitrogens with one attached hydrogen (secondary N) is 1. The third kappa shape index (κ3) is 3.37. The van der Waals surface area contributed by atoms with Crippen molar-refractivity contribution in [2.45, 2.75) is 6.61 Å². The van der Waals surface area contributed by atoms with Gasteiger partial charge in [-0.1, -0.05) is 18.2 Å². The standard InChI is InChI=1S/C19H17N3O6/c1-20-18(23)17-16(21(25)14-8-3-4-9-15(14)22(17)26)11-28-13-7-5-6-12(10-13)19(24)27-2/h3-10H,11H2,1-2H3,(H,20,23). The van der Waals surface area contributed by atoms with Gasteiger partial charge in [0.05, 0.1) is 17.1 Å². The van der Waals surface area contributed by atoms with Crippen LogP contribution in [0.5, 0.6) is 5.75 Å². The van der Waals surface area contributed by atoms with E-state index in [1.54, 1.807) is 30.3 Å². The number of methoxy groups -OCH3 is 1. The Morgan fingerprint density at radius 3 is 2.64 bits per heavy atom. The summed E-state index contributed by atoms with van der Waals surface area (Å²) in [5.74, 6) is -0.984. The summed E-state index contributed by atoms with van der Waals surface area (Å²) in [4.78, 5) is 36.6. The van der Waals surface area contributed by atoms with Crippen LogP contribution in [0.1, 0.15) is 26.5 Å². The van der Waals surface area contributed by atoms with Crippen LogP contribution in [0.2, 0.25) is 0 Å². The first-order valence-electron chi connectivity index (χ1n) is 8.28. The molecule has 9 heteroatoms. The van der Waals surface area contributed by atoms with Crippen LogP contribution in [0, 0.1) is 10.1 Å². The molecule has 28 heavy (non-hydrogen) atoms. The number of hydrogen-bond acceptors (Lipinski definition) is 6. The van der Waals surface area contributed by atoms with Crippen molar-refractivity contribution in [3.05, 3.63) is 75.6 Å². The van der Waals surface area contributed by atoms with Crippen LogP contribution in [0.15, 0.2) is 48.5 Å². The minimum Gasteiger partial charge on any atom is -0.805 e. The number of fused-ring (bicyclic) bond motifs is 1. The largest absolute Gasteiger partial charge is 0.805 e. The fourth-order valence-electron chi connectivity index (χ4n) is 2.74. The summed E-state index contributed by atoms with van der Waals surface area (Å²) in [5.41, 5.74) is -0.0876. The van der Waals surface area contributed by atoms with Gasteiger partial charge < -0.3 is 24.7 Å². The highest BCUT2D eigenvalue weighted by atomic mass is 16.5. The number of rotatable bonds is 5. The molecule has 0 bridgehead atoms. The van der Waals surface area contributed by atoms with Crippen molar-refractivity contribution in [1.29, 1.82) is 0 Å². The smallest absolute Gasteiger partial charge is 0.350 e. The van der Waals surface area contributed by atoms with Crippen LogP contribution in [0.4, 0.5) is 0 Å². The highest BCUT2D eigenvalue weighted by Crippen LogP contribution is 2.19. The molecule has 0 saturated heterocycles. The number of benzene rings is 2. The molecule has 0 saturated carbocycles. The number of esters is 1. The maximum atomic E-state index is 12.8. The quantitative estimate of drug-likeness (QED) is 0.529. The Bertz CT molecular complexity index is 1120. The lowest BCUT2D eigenvalue weighted by atomic mass is 10.2. The zero-order valence-electron chi connectivity index (χ0n) is 15.2. The molecule has 0 aliphatic rings. The second kappa shape index (κ2) is 7.78. The molecular formula is C19H17N3O6. The van der Waals surface area contributed by atoms with Crippen molar-refractivity contribution in [2.75, 3.05) is 14.2 Å². The minimum atomic E-state index is -0.715. The third-order valence-corrected chi connectivity index (χ3v) is 4.11. The molecule has 0 radical (unpaired) electrons. The summed E-state index contributed by atoms with van der Waals surface area (Å²) in [5, 5.41) is 15.2. The maximum absolute atomic E-state index is 12.8. The molecule has 3 rings (SSSR count). The van der Waals surface area contributed by atoms with E-state index < -0.39 is 11.9 Å². The van der Waals surface area contributed by atoms with Gasteiger partial charge in [0, 0.05) is 18.0 Å². The Labute approximate surface area is 159 Å². The predicted octanol–water partition coefficient (Wildman–Crippen LogP) is 1.63. The van der Waals surface area contributed by atoms with E-state index >= 15 is 0 Å². The number of carbonyl (C=O) groups is 2. The van der Waals surface area contributed by atoms with Gasteiger partial charge in [-0.2, -0.15) is 0 Å². The first kappa shape index (κ1) is 18.9. The Balaban J connectivity index is 2.05. The average molecular weight is 383 g/mol. The summed E-state index contributed by atoms with van der Waals surface area (Å²) >= 11 is 0. The zero-order valence-corrected chi connectivity index (χ0v) is 15.2. The molecule has 0 aliphatic carbocycles. The average Bonchev–Trinajstić information content (AvgIpc) is 2.74. The van der Waals surface area contributed by atoms with Crippen molar-refractivity contribution in [2.24, 2.45) is 0 Å². The van der Waals surface area contributed by atoms with E-state index in [4.69, 9.17) is 4.74 Å². The summed E-state index contributed by atoms with van der Waals surface area (Å²) in [6.07, 6.45) is 0. The molecule has 9 nitrogen and oxygen atoms in total. The van der Waals surface area contributed by atoms with Crippen LogP contribution >= 0.6 is 0 Å². The maximum Gasteiger partial charge on any atom is 0.350 e. The number of nitrogens with zero attached hydrogens (tertiary/aromatic N) is 2. The van der Waals surface area contributed by atoms with E-state index in [2.05, 4.69) is 10.1 Å². The van der Waals surface area contributed by atoms with E-state index in [1.807, 2.05) is 0 Å². The molecule has 0 atom stereocenters. The van der Waals surface area contributed by atoms with E-state index in [-0.39, 0.29) is 40.3 Å². The lowest BCUT2D eigenvalue weighted by Crippen LogP contribution is -2.36. The lowest BCUT2D eigenvalue weighted by Gasteiger charge is -2.19. The van der Waals surface area contributed by atoms with Crippen LogP contribution in [-0.4, -0.2) is 30.8 Å². The highest BCUT2D eigenvalue weighted by molar-refractivity contribution is 5.93. The van der Waals surface area contributed by atoms with Crippen LogP contribution < -0.4 is 14.5 Å². The Morgan fingerprint density at radius 1 is 1.18 bits per heavy atom. The lowest BCUT2D eigenvalue weighted by molar-refractivity contribution is -0.468. The van der Waals surface area contributed by atoms with Crippen molar-refractivity contribution < 1.29 is 23.5 Å². The minimum absolute atomic E-state index is 0.0625. The second-order valence-electron chi connectivity index (χ2n) is 5.76. The SMILES string of the molecule is CNC(=O)c1c(COc2cccc(C(=O)OC)c2)n([O-])c2ccccc2[n+]1=O. The van der Waals surface area contributed by atoms with Crippen LogP contribution in [-0.2, 0) is 11.3 Å². The van der Waals surface area contributed by atoms with Gasteiger partial charge in [-0.05, 0) is 24.3 Å². The predicted molar refractivity (Wildman–Crippen MR) is 99.6 cm³/mol. The number of ether oxygens (including phenoxy) is 2. The Hall–Kier alpha value is -3.88. The third-order valence-electron chi connectivity index (χ3n) is 4.11. The zero-order chi connectivity index (χ0) is 20.3. The summed E-state index contributed by atoms with van der Waals surface area (Å²) < 4.78 is 11.1. The van der Waals surface area contributed by atoms with Gasteiger partial charge in [-0.25, -0.2) is 4.79 Å². The fraction of sp³-hybridized carbons (Fsp3) is 0.158. The van der Waals surface area contributed by atoms with Crippen molar-refractivity contribution in [1.82, 2.24) is 10.0 Å². The molecule has 1 amide bonds. The highest BCUT2D eigenvalue weighted by Gasteiger charge is 2.28. The normalized spacial score (nSPS) is 10.5. The molecule has 144 valence electrons. The van der Waals surface area contributed by atoms with E-state index in [0.29, 0.717) is 9.16 Å². The molecule has 1 heterocycles. The first-order valence-corrected chi connectivity index (χ1v) is 8.28. The molecule has 0 unspecified atom stereocenters. The van der Waals surface area contributed by atoms with Gasteiger partial charge in [0.1, 0.15) is 23.6 Å². The molecule has 2 aromatic carbocycles. The van der Waals surface area contributed by atoms with Gasteiger partial charge in [0.15, 0.2) is 0 Å². The molecule has 0 fully saturated rings. The van der Waals surface area contributed by atoms with E-state index in [1.165, 1.54) is 32.4 Å². The number of para-hydroxylation sites is 2. The monoisotopic (exact) mass is 383 g/mol. The van der Waals surface area contributed by atoms with Crippen LogP contribution in [0.25, 0.3) is 11.0 Å². The van der Waals surface area contributed by atoms with Crippen LogP contribution in [0.3, 0.4) is 0 Å². The van der Waals surface area contributed by atoms with E-state index in [0.717, 1.165) is 0 Å². The molecule has 1 aromatic heterocycles. The van der Waals surface area contributed by atoms with Crippen molar-refractivity contribution >= 4 is 22.9 Å². The number of amides is 1. The molecular weight excluding hydrogens is 366 g/mol. The molecule has 0 aliphatic heterocycles. The fourth-order valence-corrected chi connectivity index (χ4v) is 2.74. The van der Waals surface area contributed by atoms with Gasteiger partial charge in [-0.3, -0.25) is 4.79 Å². The molecule has 0 spiro atoms. The second-order valence-corrected chi connectivity index (χ2v) is 5.76. The molecule has 3 aromatic rings. The van der Waals surface area contributed by atoms with Gasteiger partial charge in [-0.15, -0.1) is 0 Å². The molecule has 1 N–H and O–H groups in total. The number of hydrogen-bond donors (Lipinski definition) is 1. The Kier molecular flexibility index (Phi) is 5.25. The van der Waals surface area contributed by atoms with E-state index in [9.17, 15) is 19.7 Å². The van der Waals surface area contributed by atoms with Crippen molar-refractivity contribution in [3.8, 4) is 5.75 Å². The summed E-state index contributed by atoms with van der Waals surface area (Å²) in [7, 11) is 2.62. The first-order chi connectivity index (χ1) is 13.5.